The van der Waals surface area contributed by atoms with Gasteiger partial charge in [0.25, 0.3) is 5.56 Å². The van der Waals surface area contributed by atoms with Gasteiger partial charge in [-0.05, 0) is 43.7 Å². The smallest absolute Gasteiger partial charge is 0.323 e. The summed E-state index contributed by atoms with van der Waals surface area (Å²) in [7, 11) is 3.25. The summed E-state index contributed by atoms with van der Waals surface area (Å²) in [6.45, 7) is 3.58. The lowest BCUT2D eigenvalue weighted by atomic mass is 10.2. The zero-order valence-corrected chi connectivity index (χ0v) is 14.8. The molecule has 0 aliphatic rings. The van der Waals surface area contributed by atoms with E-state index in [2.05, 4.69) is 10.6 Å². The molecule has 0 radical (unpaired) electrons. The summed E-state index contributed by atoms with van der Waals surface area (Å²) < 4.78 is 1.34. The minimum Gasteiger partial charge on any atom is -0.347 e. The lowest BCUT2D eigenvalue weighted by Gasteiger charge is -2.15. The second kappa shape index (κ2) is 7.65. The maximum absolute atomic E-state index is 12.5. The minimum atomic E-state index is -0.517. The topological polar surface area (TPSA) is 83.4 Å². The first-order chi connectivity index (χ1) is 11.8. The van der Waals surface area contributed by atoms with Gasteiger partial charge in [0.1, 0.15) is 12.2 Å². The Morgan fingerprint density at radius 2 is 1.80 bits per heavy atom. The van der Waals surface area contributed by atoms with Gasteiger partial charge in [-0.3, -0.25) is 9.59 Å². The van der Waals surface area contributed by atoms with Crippen LogP contribution in [0.2, 0.25) is 0 Å². The molecule has 0 unspecified atom stereocenters. The molecular weight excluding hydrogens is 320 g/mol. The summed E-state index contributed by atoms with van der Waals surface area (Å²) in [5, 5.41) is 5.22. The second-order valence-electron chi connectivity index (χ2n) is 6.02. The number of carbonyl (C=O) groups excluding carboxylic acids is 2. The third-order valence-electron chi connectivity index (χ3n) is 3.71. The molecule has 0 saturated heterocycles. The number of nitrogens with one attached hydrogen (secondary N) is 2. The van der Waals surface area contributed by atoms with E-state index >= 15 is 0 Å². The van der Waals surface area contributed by atoms with Crippen LogP contribution in [0.3, 0.4) is 0 Å². The molecule has 1 aromatic carbocycles. The third-order valence-corrected chi connectivity index (χ3v) is 3.71. The van der Waals surface area contributed by atoms with Crippen molar-refractivity contribution in [3.8, 4) is 0 Å². The van der Waals surface area contributed by atoms with Crippen molar-refractivity contribution in [1.29, 1.82) is 0 Å². The highest BCUT2D eigenvalue weighted by atomic mass is 16.2. The molecule has 7 nitrogen and oxygen atoms in total. The maximum atomic E-state index is 12.5. The average Bonchev–Trinajstić information content (AvgIpc) is 2.53. The number of hydrogen-bond donors (Lipinski definition) is 2. The highest BCUT2D eigenvalue weighted by molar-refractivity contribution is 5.99. The molecule has 0 atom stereocenters. The van der Waals surface area contributed by atoms with Gasteiger partial charge in [0.2, 0.25) is 5.91 Å². The van der Waals surface area contributed by atoms with Crippen molar-refractivity contribution >= 4 is 23.3 Å². The Balaban J connectivity index is 2.18. The molecule has 7 heteroatoms. The standard InChI is InChI=1S/C18H22N4O3/c1-12-6-5-7-14(10-12)19-18(25)20-15-9-8-13(2)22(17(15)24)11-16(23)21(3)4/h5-10H,11H2,1-4H3,(H2,19,20,25). The first-order valence-corrected chi connectivity index (χ1v) is 7.83. The van der Waals surface area contributed by atoms with Crippen LogP contribution in [-0.4, -0.2) is 35.5 Å². The Morgan fingerprint density at radius 1 is 1.08 bits per heavy atom. The molecule has 25 heavy (non-hydrogen) atoms. The fraction of sp³-hybridized carbons (Fsp3) is 0.278. The van der Waals surface area contributed by atoms with Gasteiger partial charge in [0, 0.05) is 25.5 Å². The lowest BCUT2D eigenvalue weighted by molar-refractivity contribution is -0.129. The van der Waals surface area contributed by atoms with Crippen LogP contribution in [0.15, 0.2) is 41.2 Å². The molecule has 0 saturated carbocycles. The van der Waals surface area contributed by atoms with Gasteiger partial charge in [-0.2, -0.15) is 0 Å². The molecule has 0 spiro atoms. The summed E-state index contributed by atoms with van der Waals surface area (Å²) in [5.74, 6) is -0.202. The number of aromatic nitrogens is 1. The van der Waals surface area contributed by atoms with Crippen molar-refractivity contribution in [2.45, 2.75) is 20.4 Å². The number of anilines is 2. The number of amides is 3. The molecular formula is C18H22N4O3. The van der Waals surface area contributed by atoms with E-state index in [0.29, 0.717) is 11.4 Å². The maximum Gasteiger partial charge on any atom is 0.323 e. The van der Waals surface area contributed by atoms with Gasteiger partial charge in [0.15, 0.2) is 0 Å². The monoisotopic (exact) mass is 342 g/mol. The van der Waals surface area contributed by atoms with Gasteiger partial charge < -0.3 is 20.1 Å². The minimum absolute atomic E-state index is 0.0767. The van der Waals surface area contributed by atoms with Crippen molar-refractivity contribution in [3.63, 3.8) is 0 Å². The normalized spacial score (nSPS) is 10.2. The molecule has 0 aliphatic heterocycles. The average molecular weight is 342 g/mol. The number of urea groups is 1. The molecule has 0 bridgehead atoms. The first kappa shape index (κ1) is 18.3. The highest BCUT2D eigenvalue weighted by Crippen LogP contribution is 2.10. The van der Waals surface area contributed by atoms with Crippen LogP contribution < -0.4 is 16.2 Å². The number of likely N-dealkylation sites (N-methyl/N-ethyl adjacent to an activating group) is 1. The quantitative estimate of drug-likeness (QED) is 0.893. The Morgan fingerprint density at radius 3 is 2.44 bits per heavy atom. The van der Waals surface area contributed by atoms with Gasteiger partial charge in [-0.1, -0.05) is 12.1 Å². The predicted molar refractivity (Wildman–Crippen MR) is 98.0 cm³/mol. The van der Waals surface area contributed by atoms with E-state index in [4.69, 9.17) is 0 Å². The zero-order valence-electron chi connectivity index (χ0n) is 14.8. The predicted octanol–water partition coefficient (Wildman–Crippen LogP) is 2.20. The number of benzene rings is 1. The van der Waals surface area contributed by atoms with Crippen molar-refractivity contribution in [2.75, 3.05) is 24.7 Å². The number of carbonyl (C=O) groups is 2. The molecule has 1 aromatic heterocycles. The van der Waals surface area contributed by atoms with Crippen molar-refractivity contribution in [2.24, 2.45) is 0 Å². The van der Waals surface area contributed by atoms with E-state index in [1.54, 1.807) is 33.2 Å². The second-order valence-corrected chi connectivity index (χ2v) is 6.02. The Kier molecular flexibility index (Phi) is 5.59. The van der Waals surface area contributed by atoms with Crippen molar-refractivity contribution in [1.82, 2.24) is 9.47 Å². The molecule has 132 valence electrons. The highest BCUT2D eigenvalue weighted by Gasteiger charge is 2.13. The summed E-state index contributed by atoms with van der Waals surface area (Å²) >= 11 is 0. The molecule has 1 heterocycles. The molecule has 0 aliphatic carbocycles. The van der Waals surface area contributed by atoms with Crippen LogP contribution >= 0.6 is 0 Å². The van der Waals surface area contributed by atoms with Crippen LogP contribution in [0.4, 0.5) is 16.2 Å². The van der Waals surface area contributed by atoms with Crippen LogP contribution in [0.25, 0.3) is 0 Å². The Labute approximate surface area is 146 Å². The van der Waals surface area contributed by atoms with E-state index in [0.717, 1.165) is 5.56 Å². The zero-order chi connectivity index (χ0) is 18.6. The number of hydrogen-bond acceptors (Lipinski definition) is 3. The third kappa shape index (κ3) is 4.69. The molecule has 2 N–H and O–H groups in total. The number of nitrogens with zero attached hydrogens (tertiary/aromatic N) is 2. The number of rotatable bonds is 4. The van der Waals surface area contributed by atoms with Crippen LogP contribution in [0, 0.1) is 13.8 Å². The fourth-order valence-electron chi connectivity index (χ4n) is 2.25. The summed E-state index contributed by atoms with van der Waals surface area (Å²) in [5.41, 5.74) is 1.98. The molecule has 2 aromatic rings. The fourth-order valence-corrected chi connectivity index (χ4v) is 2.25. The van der Waals surface area contributed by atoms with Gasteiger partial charge in [-0.15, -0.1) is 0 Å². The summed E-state index contributed by atoms with van der Waals surface area (Å²) in [4.78, 5) is 38.0. The molecule has 3 amide bonds. The SMILES string of the molecule is Cc1cccc(NC(=O)Nc2ccc(C)n(CC(=O)N(C)C)c2=O)c1. The molecule has 0 fully saturated rings. The lowest BCUT2D eigenvalue weighted by Crippen LogP contribution is -2.34. The summed E-state index contributed by atoms with van der Waals surface area (Å²) in [6, 6.07) is 10.0. The van der Waals surface area contributed by atoms with E-state index in [-0.39, 0.29) is 18.1 Å². The van der Waals surface area contributed by atoms with Gasteiger partial charge in [0.05, 0.1) is 0 Å². The van der Waals surface area contributed by atoms with Gasteiger partial charge >= 0.3 is 6.03 Å². The van der Waals surface area contributed by atoms with Crippen LogP contribution in [0.1, 0.15) is 11.3 Å². The summed E-state index contributed by atoms with van der Waals surface area (Å²) in [6.07, 6.45) is 0. The van der Waals surface area contributed by atoms with E-state index in [1.165, 1.54) is 15.5 Å². The van der Waals surface area contributed by atoms with Crippen LogP contribution in [-0.2, 0) is 11.3 Å². The van der Waals surface area contributed by atoms with E-state index in [9.17, 15) is 14.4 Å². The largest absolute Gasteiger partial charge is 0.347 e. The van der Waals surface area contributed by atoms with E-state index in [1.807, 2.05) is 25.1 Å². The molecule has 2 rings (SSSR count). The van der Waals surface area contributed by atoms with Crippen molar-refractivity contribution in [3.05, 3.63) is 58.0 Å². The number of pyridine rings is 1. The first-order valence-electron chi connectivity index (χ1n) is 7.83. The van der Waals surface area contributed by atoms with E-state index < -0.39 is 11.6 Å². The Bertz CT molecular complexity index is 856. The van der Waals surface area contributed by atoms with Crippen LogP contribution in [0.5, 0.6) is 0 Å². The van der Waals surface area contributed by atoms with Crippen molar-refractivity contribution < 1.29 is 9.59 Å². The Hall–Kier alpha value is -3.09. The number of aryl methyl sites for hydroxylation is 2. The van der Waals surface area contributed by atoms with Gasteiger partial charge in [-0.25, -0.2) is 4.79 Å².